The molecule has 0 aliphatic carbocycles. The molecule has 20 heavy (non-hydrogen) atoms. The number of amides is 1. The van der Waals surface area contributed by atoms with Crippen LogP contribution in [0, 0.1) is 5.92 Å². The van der Waals surface area contributed by atoms with Gasteiger partial charge in [-0.15, -0.1) is 11.3 Å². The minimum atomic E-state index is -0.460. The second kappa shape index (κ2) is 7.15. The van der Waals surface area contributed by atoms with Crippen LogP contribution in [-0.4, -0.2) is 46.1 Å². The highest BCUT2D eigenvalue weighted by molar-refractivity contribution is 7.07. The molecule has 6 heteroatoms. The lowest BCUT2D eigenvalue weighted by Crippen LogP contribution is -2.44. The lowest BCUT2D eigenvalue weighted by Gasteiger charge is -2.22. The fraction of sp³-hybridized carbons (Fsp3) is 0.714. The Morgan fingerprint density at radius 2 is 2.30 bits per heavy atom. The number of carbonyl (C=O) groups excluding carboxylic acids is 1. The van der Waals surface area contributed by atoms with Crippen LogP contribution < -0.4 is 5.32 Å². The first-order valence-electron chi connectivity index (χ1n) is 7.14. The van der Waals surface area contributed by atoms with Crippen molar-refractivity contribution in [2.24, 2.45) is 5.92 Å². The van der Waals surface area contributed by atoms with Crippen LogP contribution in [0.1, 0.15) is 32.4 Å². The molecule has 0 bridgehead atoms. The summed E-state index contributed by atoms with van der Waals surface area (Å²) in [4.78, 5) is 18.3. The summed E-state index contributed by atoms with van der Waals surface area (Å²) in [5.74, 6) is -0.0291. The molecule has 1 aromatic rings. The van der Waals surface area contributed by atoms with E-state index in [1.165, 1.54) is 0 Å². The number of nitrogens with one attached hydrogen (secondary N) is 1. The number of aromatic nitrogens is 1. The zero-order chi connectivity index (χ0) is 14.5. The summed E-state index contributed by atoms with van der Waals surface area (Å²) >= 11 is 1.60. The summed E-state index contributed by atoms with van der Waals surface area (Å²) in [5, 5.41) is 15.2. The third-order valence-corrected chi connectivity index (χ3v) is 4.32. The lowest BCUT2D eigenvalue weighted by molar-refractivity contribution is -0.125. The van der Waals surface area contributed by atoms with E-state index >= 15 is 0 Å². The van der Waals surface area contributed by atoms with E-state index in [0.717, 1.165) is 31.7 Å². The molecule has 5 nitrogen and oxygen atoms in total. The van der Waals surface area contributed by atoms with Crippen LogP contribution in [-0.2, 0) is 11.3 Å². The molecule has 1 saturated heterocycles. The molecule has 1 amide bonds. The third-order valence-electron chi connectivity index (χ3n) is 3.68. The van der Waals surface area contributed by atoms with Gasteiger partial charge in [-0.3, -0.25) is 9.69 Å². The van der Waals surface area contributed by atoms with Crippen LogP contribution in [0.4, 0.5) is 0 Å². The van der Waals surface area contributed by atoms with Crippen molar-refractivity contribution in [3.8, 4) is 0 Å². The summed E-state index contributed by atoms with van der Waals surface area (Å²) in [5.41, 5.74) is 2.92. The normalized spacial score (nSPS) is 24.6. The van der Waals surface area contributed by atoms with Gasteiger partial charge in [0.05, 0.1) is 23.4 Å². The van der Waals surface area contributed by atoms with Gasteiger partial charge < -0.3 is 10.4 Å². The Bertz CT molecular complexity index is 422. The Kier molecular flexibility index (Phi) is 5.51. The average Bonchev–Trinajstić information content (AvgIpc) is 2.86. The molecule has 0 radical (unpaired) electrons. The first kappa shape index (κ1) is 15.4. The monoisotopic (exact) mass is 297 g/mol. The number of hydrogen-bond donors (Lipinski definition) is 2. The van der Waals surface area contributed by atoms with Gasteiger partial charge in [0, 0.05) is 30.9 Å². The molecule has 1 aliphatic rings. The molecule has 2 rings (SSSR count). The van der Waals surface area contributed by atoms with Crippen LogP contribution >= 0.6 is 11.3 Å². The fourth-order valence-electron chi connectivity index (χ4n) is 2.36. The van der Waals surface area contributed by atoms with Crippen LogP contribution in [0.3, 0.4) is 0 Å². The van der Waals surface area contributed by atoms with Crippen LogP contribution in [0.25, 0.3) is 0 Å². The highest BCUT2D eigenvalue weighted by Gasteiger charge is 2.26. The second-order valence-electron chi connectivity index (χ2n) is 5.67. The SMILES string of the molecule is CC(C)C(=O)N[C@H]1CCN(Cc2cscn2)CC[C@@H]1O. The van der Waals surface area contributed by atoms with Gasteiger partial charge >= 0.3 is 0 Å². The van der Waals surface area contributed by atoms with Crippen molar-refractivity contribution in [2.75, 3.05) is 13.1 Å². The van der Waals surface area contributed by atoms with E-state index in [0.29, 0.717) is 6.42 Å². The highest BCUT2D eigenvalue weighted by Crippen LogP contribution is 2.15. The average molecular weight is 297 g/mol. The Hall–Kier alpha value is -0.980. The summed E-state index contributed by atoms with van der Waals surface area (Å²) in [6.45, 7) is 6.27. The zero-order valence-corrected chi connectivity index (χ0v) is 12.9. The third kappa shape index (κ3) is 4.26. The summed E-state index contributed by atoms with van der Waals surface area (Å²) < 4.78 is 0. The first-order valence-corrected chi connectivity index (χ1v) is 8.08. The number of aliphatic hydroxyl groups excluding tert-OH is 1. The van der Waals surface area contributed by atoms with Crippen molar-refractivity contribution in [3.63, 3.8) is 0 Å². The molecule has 0 unspecified atom stereocenters. The minimum Gasteiger partial charge on any atom is -0.391 e. The van der Waals surface area contributed by atoms with Crippen molar-refractivity contribution in [2.45, 2.75) is 45.4 Å². The maximum Gasteiger partial charge on any atom is 0.222 e. The quantitative estimate of drug-likeness (QED) is 0.877. The van der Waals surface area contributed by atoms with E-state index in [1.807, 2.05) is 19.4 Å². The molecule has 2 heterocycles. The van der Waals surface area contributed by atoms with Crippen molar-refractivity contribution < 1.29 is 9.90 Å². The molecule has 0 spiro atoms. The Labute approximate surface area is 124 Å². The smallest absolute Gasteiger partial charge is 0.222 e. The maximum atomic E-state index is 11.8. The molecule has 0 aromatic carbocycles. The lowest BCUT2D eigenvalue weighted by atomic mass is 10.1. The largest absolute Gasteiger partial charge is 0.391 e. The number of nitrogens with zero attached hydrogens (tertiary/aromatic N) is 2. The van der Waals surface area contributed by atoms with Gasteiger partial charge in [-0.05, 0) is 12.8 Å². The molecule has 1 aliphatic heterocycles. The van der Waals surface area contributed by atoms with Crippen molar-refractivity contribution in [3.05, 3.63) is 16.6 Å². The minimum absolute atomic E-state index is 0.0157. The molecular weight excluding hydrogens is 274 g/mol. The molecule has 112 valence electrons. The Morgan fingerprint density at radius 1 is 1.55 bits per heavy atom. The highest BCUT2D eigenvalue weighted by atomic mass is 32.1. The number of aliphatic hydroxyl groups is 1. The summed E-state index contributed by atoms with van der Waals surface area (Å²) in [6, 6.07) is -0.134. The van der Waals surface area contributed by atoms with Gasteiger partial charge in [0.2, 0.25) is 5.91 Å². The van der Waals surface area contributed by atoms with Gasteiger partial charge in [0.15, 0.2) is 0 Å². The zero-order valence-electron chi connectivity index (χ0n) is 12.1. The van der Waals surface area contributed by atoms with E-state index in [-0.39, 0.29) is 17.9 Å². The molecule has 1 fully saturated rings. The number of hydrogen-bond acceptors (Lipinski definition) is 5. The van der Waals surface area contributed by atoms with Gasteiger partial charge in [0.25, 0.3) is 0 Å². The molecule has 0 saturated carbocycles. The van der Waals surface area contributed by atoms with E-state index in [2.05, 4.69) is 20.6 Å². The van der Waals surface area contributed by atoms with E-state index < -0.39 is 6.10 Å². The van der Waals surface area contributed by atoms with E-state index in [1.54, 1.807) is 11.3 Å². The number of carbonyl (C=O) groups is 1. The van der Waals surface area contributed by atoms with Crippen molar-refractivity contribution in [1.29, 1.82) is 0 Å². The summed E-state index contributed by atoms with van der Waals surface area (Å²) in [6.07, 6.45) is 1.01. The molecule has 1 aromatic heterocycles. The van der Waals surface area contributed by atoms with Crippen molar-refractivity contribution >= 4 is 17.2 Å². The van der Waals surface area contributed by atoms with Crippen LogP contribution in [0.5, 0.6) is 0 Å². The van der Waals surface area contributed by atoms with Crippen LogP contribution in [0.15, 0.2) is 10.9 Å². The van der Waals surface area contributed by atoms with E-state index in [4.69, 9.17) is 0 Å². The van der Waals surface area contributed by atoms with E-state index in [9.17, 15) is 9.90 Å². The second-order valence-corrected chi connectivity index (χ2v) is 6.39. The van der Waals surface area contributed by atoms with Gasteiger partial charge in [-0.2, -0.15) is 0 Å². The molecule has 2 N–H and O–H groups in total. The fourth-order valence-corrected chi connectivity index (χ4v) is 2.91. The van der Waals surface area contributed by atoms with Crippen LogP contribution in [0.2, 0.25) is 0 Å². The van der Waals surface area contributed by atoms with Gasteiger partial charge in [-0.1, -0.05) is 13.8 Å². The molecule has 2 atom stereocenters. The number of likely N-dealkylation sites (tertiary alicyclic amines) is 1. The predicted molar refractivity (Wildman–Crippen MR) is 79.4 cm³/mol. The van der Waals surface area contributed by atoms with Gasteiger partial charge in [0.1, 0.15) is 0 Å². The topological polar surface area (TPSA) is 65.5 Å². The van der Waals surface area contributed by atoms with Gasteiger partial charge in [-0.25, -0.2) is 4.98 Å². The first-order chi connectivity index (χ1) is 9.56. The Balaban J connectivity index is 1.88. The number of rotatable bonds is 4. The summed E-state index contributed by atoms with van der Waals surface area (Å²) in [7, 11) is 0. The Morgan fingerprint density at radius 3 is 2.95 bits per heavy atom. The standard InChI is InChI=1S/C14H23N3O2S/c1-10(2)14(19)16-12-3-5-17(6-4-13(12)18)7-11-8-20-9-15-11/h8-10,12-13,18H,3-7H2,1-2H3,(H,16,19)/t12-,13-/m0/s1. The maximum absolute atomic E-state index is 11.8. The molecular formula is C14H23N3O2S. The predicted octanol–water partition coefficient (Wildman–Crippen LogP) is 1.24. The van der Waals surface area contributed by atoms with Crippen molar-refractivity contribution in [1.82, 2.24) is 15.2 Å². The number of thiazole rings is 1.